The molecule has 0 radical (unpaired) electrons. The second-order valence-electron chi connectivity index (χ2n) is 6.69. The molecule has 3 aromatic heterocycles. The summed E-state index contributed by atoms with van der Waals surface area (Å²) in [5, 5.41) is 6.18. The molecule has 0 saturated heterocycles. The summed E-state index contributed by atoms with van der Waals surface area (Å²) in [4.78, 5) is 22.0. The molecule has 3 heterocycles. The van der Waals surface area contributed by atoms with Crippen LogP contribution in [0.25, 0.3) is 20.8 Å². The maximum absolute atomic E-state index is 12.7. The molecule has 4 aromatic rings. The van der Waals surface area contributed by atoms with Crippen LogP contribution >= 0.6 is 22.7 Å². The molecule has 0 amide bonds. The van der Waals surface area contributed by atoms with Gasteiger partial charge in [-0.3, -0.25) is 4.79 Å². The lowest BCUT2D eigenvalue weighted by molar-refractivity contribution is 0.549. The van der Waals surface area contributed by atoms with Gasteiger partial charge in [-0.15, -0.1) is 22.7 Å². The maximum atomic E-state index is 12.7. The molecule has 0 aliphatic rings. The third-order valence-electron chi connectivity index (χ3n) is 4.40. The molecule has 0 bridgehead atoms. The topological polar surface area (TPSA) is 107 Å². The normalized spacial score (nSPS) is 12.0. The number of hydrogen-bond acceptors (Lipinski definition) is 8. The van der Waals surface area contributed by atoms with Crippen LogP contribution in [0.3, 0.4) is 0 Å². The van der Waals surface area contributed by atoms with E-state index in [-0.39, 0.29) is 23.5 Å². The maximum Gasteiger partial charge on any atom is 0.266 e. The van der Waals surface area contributed by atoms with Crippen LogP contribution in [-0.4, -0.2) is 34.7 Å². The van der Waals surface area contributed by atoms with Gasteiger partial charge in [0.15, 0.2) is 0 Å². The average Bonchev–Trinajstić information content (AvgIpc) is 3.22. The number of benzene rings is 1. The van der Waals surface area contributed by atoms with E-state index in [4.69, 9.17) is 0 Å². The third-order valence-corrected chi connectivity index (χ3v) is 7.88. The van der Waals surface area contributed by atoms with Gasteiger partial charge in [0, 0.05) is 12.6 Å². The highest BCUT2D eigenvalue weighted by atomic mass is 32.2. The fourth-order valence-electron chi connectivity index (χ4n) is 3.06. The van der Waals surface area contributed by atoms with Gasteiger partial charge < -0.3 is 0 Å². The molecular formula is C19H19N5O3S3. The minimum Gasteiger partial charge on any atom is -0.268 e. The molecule has 0 aliphatic carbocycles. The van der Waals surface area contributed by atoms with Crippen molar-refractivity contribution in [2.24, 2.45) is 0 Å². The number of thiazole rings is 2. The summed E-state index contributed by atoms with van der Waals surface area (Å²) in [7, 11) is -3.71. The molecule has 0 spiro atoms. The Hall–Kier alpha value is -2.47. The first-order chi connectivity index (χ1) is 14.2. The number of nitrogens with zero attached hydrogens (tertiary/aromatic N) is 4. The van der Waals surface area contributed by atoms with Gasteiger partial charge in [0.1, 0.15) is 5.69 Å². The Morgan fingerprint density at radius 1 is 1.03 bits per heavy atom. The molecule has 30 heavy (non-hydrogen) atoms. The van der Waals surface area contributed by atoms with Crippen molar-refractivity contribution in [3.63, 3.8) is 0 Å². The molecule has 1 aromatic carbocycles. The predicted octanol–water partition coefficient (Wildman–Crippen LogP) is 2.88. The van der Waals surface area contributed by atoms with Crippen molar-refractivity contribution in [3.8, 4) is 10.6 Å². The van der Waals surface area contributed by atoms with Gasteiger partial charge in [-0.25, -0.2) is 27.8 Å². The minimum absolute atomic E-state index is 0.0408. The standard InChI is InChI=1S/C19H19N5O3S3/c1-11-19(29-12(2)21-11)16-6-7-18(25)24(23-16)9-8-20-30(26,27)14-4-5-15-17(10-14)28-13(3)22-15/h4-7,10,20H,8-9H2,1-3H3. The average molecular weight is 462 g/mol. The highest BCUT2D eigenvalue weighted by Gasteiger charge is 2.16. The monoisotopic (exact) mass is 461 g/mol. The molecule has 0 unspecified atom stereocenters. The van der Waals surface area contributed by atoms with Crippen molar-refractivity contribution >= 4 is 42.9 Å². The van der Waals surface area contributed by atoms with E-state index in [1.165, 1.54) is 39.5 Å². The molecule has 0 saturated carbocycles. The molecule has 0 aliphatic heterocycles. The third kappa shape index (κ3) is 4.19. The number of fused-ring (bicyclic) bond motifs is 1. The van der Waals surface area contributed by atoms with E-state index in [0.29, 0.717) is 5.69 Å². The van der Waals surface area contributed by atoms with Crippen molar-refractivity contribution in [1.29, 1.82) is 0 Å². The van der Waals surface area contributed by atoms with Crippen molar-refractivity contribution in [2.45, 2.75) is 32.2 Å². The van der Waals surface area contributed by atoms with Crippen molar-refractivity contribution in [1.82, 2.24) is 24.5 Å². The Labute approximate surface area is 181 Å². The largest absolute Gasteiger partial charge is 0.268 e. The van der Waals surface area contributed by atoms with E-state index >= 15 is 0 Å². The zero-order valence-corrected chi connectivity index (χ0v) is 19.0. The summed E-state index contributed by atoms with van der Waals surface area (Å²) in [6.45, 7) is 5.84. The SMILES string of the molecule is Cc1nc(C)c(-c2ccc(=O)n(CCNS(=O)(=O)c3ccc4nc(C)sc4c3)n2)s1. The first kappa shape index (κ1) is 20.8. The van der Waals surface area contributed by atoms with Crippen LogP contribution in [0.2, 0.25) is 0 Å². The van der Waals surface area contributed by atoms with Gasteiger partial charge in [-0.05, 0) is 45.0 Å². The van der Waals surface area contributed by atoms with Gasteiger partial charge in [0.05, 0.1) is 42.2 Å². The molecule has 156 valence electrons. The molecule has 0 fully saturated rings. The molecular weight excluding hydrogens is 442 g/mol. The molecule has 8 nitrogen and oxygen atoms in total. The fraction of sp³-hybridized carbons (Fsp3) is 0.263. The van der Waals surface area contributed by atoms with E-state index in [1.807, 2.05) is 20.8 Å². The van der Waals surface area contributed by atoms with Crippen LogP contribution in [0.5, 0.6) is 0 Å². The van der Waals surface area contributed by atoms with Crippen molar-refractivity contribution < 1.29 is 8.42 Å². The van der Waals surface area contributed by atoms with Crippen LogP contribution < -0.4 is 10.3 Å². The second kappa shape index (κ2) is 7.99. The lowest BCUT2D eigenvalue weighted by Crippen LogP contribution is -2.32. The predicted molar refractivity (Wildman–Crippen MR) is 119 cm³/mol. The van der Waals surface area contributed by atoms with Crippen LogP contribution in [0.4, 0.5) is 0 Å². The lowest BCUT2D eigenvalue weighted by Gasteiger charge is -2.09. The van der Waals surface area contributed by atoms with Gasteiger partial charge in [-0.2, -0.15) is 5.10 Å². The first-order valence-corrected chi connectivity index (χ1v) is 12.2. The number of aryl methyl sites for hydroxylation is 3. The fourth-order valence-corrected chi connectivity index (χ4v) is 5.93. The summed E-state index contributed by atoms with van der Waals surface area (Å²) < 4.78 is 29.9. The summed E-state index contributed by atoms with van der Waals surface area (Å²) in [6.07, 6.45) is 0. The zero-order chi connectivity index (χ0) is 21.5. The second-order valence-corrected chi connectivity index (χ2v) is 10.9. The summed E-state index contributed by atoms with van der Waals surface area (Å²) in [6, 6.07) is 7.94. The van der Waals surface area contributed by atoms with E-state index < -0.39 is 10.0 Å². The van der Waals surface area contributed by atoms with Crippen LogP contribution in [0.15, 0.2) is 40.0 Å². The number of sulfonamides is 1. The van der Waals surface area contributed by atoms with Gasteiger partial charge in [-0.1, -0.05) is 0 Å². The van der Waals surface area contributed by atoms with E-state index in [9.17, 15) is 13.2 Å². The van der Waals surface area contributed by atoms with Crippen LogP contribution in [0.1, 0.15) is 15.7 Å². The Balaban J connectivity index is 1.51. The molecule has 11 heteroatoms. The van der Waals surface area contributed by atoms with Crippen molar-refractivity contribution in [2.75, 3.05) is 6.54 Å². The number of aromatic nitrogens is 4. The number of rotatable bonds is 6. The van der Waals surface area contributed by atoms with E-state index in [1.54, 1.807) is 18.2 Å². The summed E-state index contributed by atoms with van der Waals surface area (Å²) >= 11 is 2.95. The van der Waals surface area contributed by atoms with E-state index in [2.05, 4.69) is 19.8 Å². The number of nitrogens with one attached hydrogen (secondary N) is 1. The Morgan fingerprint density at radius 3 is 2.53 bits per heavy atom. The van der Waals surface area contributed by atoms with Crippen molar-refractivity contribution in [3.05, 3.63) is 56.4 Å². The Kier molecular flexibility index (Phi) is 5.53. The zero-order valence-electron chi connectivity index (χ0n) is 16.5. The smallest absolute Gasteiger partial charge is 0.266 e. The highest BCUT2D eigenvalue weighted by Crippen LogP contribution is 2.27. The quantitative estimate of drug-likeness (QED) is 0.473. The molecule has 4 rings (SSSR count). The van der Waals surface area contributed by atoms with Gasteiger partial charge >= 0.3 is 0 Å². The Bertz CT molecular complexity index is 1400. The van der Waals surface area contributed by atoms with E-state index in [0.717, 1.165) is 30.8 Å². The lowest BCUT2D eigenvalue weighted by atomic mass is 10.3. The Morgan fingerprint density at radius 2 is 1.80 bits per heavy atom. The summed E-state index contributed by atoms with van der Waals surface area (Å²) in [5.74, 6) is 0. The van der Waals surface area contributed by atoms with Gasteiger partial charge in [0.2, 0.25) is 10.0 Å². The first-order valence-electron chi connectivity index (χ1n) is 9.12. The minimum atomic E-state index is -3.71. The highest BCUT2D eigenvalue weighted by molar-refractivity contribution is 7.89. The van der Waals surface area contributed by atoms with Gasteiger partial charge in [0.25, 0.3) is 5.56 Å². The number of hydrogen-bond donors (Lipinski definition) is 1. The molecule has 1 N–H and O–H groups in total. The van der Waals surface area contributed by atoms with Crippen LogP contribution in [0, 0.1) is 20.8 Å². The van der Waals surface area contributed by atoms with Crippen LogP contribution in [-0.2, 0) is 16.6 Å². The molecule has 0 atom stereocenters. The summed E-state index contributed by atoms with van der Waals surface area (Å²) in [5.41, 5.74) is 1.98.